The third-order valence-electron chi connectivity index (χ3n) is 3.91. The molecule has 1 amide bonds. The van der Waals surface area contributed by atoms with Crippen molar-refractivity contribution in [3.05, 3.63) is 73.7 Å². The molecule has 0 spiro atoms. The molecule has 0 aliphatic heterocycles. The van der Waals surface area contributed by atoms with Crippen molar-refractivity contribution in [3.63, 3.8) is 0 Å². The highest BCUT2D eigenvalue weighted by Gasteiger charge is 2.14. The number of fused-ring (bicyclic) bond motifs is 1. The van der Waals surface area contributed by atoms with E-state index in [2.05, 4.69) is 10.3 Å². The van der Waals surface area contributed by atoms with Crippen LogP contribution in [-0.4, -0.2) is 15.5 Å². The molecule has 0 bridgehead atoms. The second kappa shape index (κ2) is 7.66. The van der Waals surface area contributed by atoms with E-state index < -0.39 is 0 Å². The Morgan fingerprint density at radius 1 is 1.15 bits per heavy atom. The Hall–Kier alpha value is -2.08. The van der Waals surface area contributed by atoms with Crippen LogP contribution >= 0.6 is 34.8 Å². The first kappa shape index (κ1) is 18.7. The normalized spacial score (nSPS) is 12.2. The van der Waals surface area contributed by atoms with Crippen molar-refractivity contribution in [2.24, 2.45) is 0 Å². The van der Waals surface area contributed by atoms with Crippen LogP contribution in [0.25, 0.3) is 10.9 Å². The highest BCUT2D eigenvalue weighted by Crippen LogP contribution is 2.26. The highest BCUT2D eigenvalue weighted by molar-refractivity contribution is 6.35. The second-order valence-electron chi connectivity index (χ2n) is 5.79. The van der Waals surface area contributed by atoms with E-state index in [0.717, 1.165) is 5.56 Å². The van der Waals surface area contributed by atoms with Crippen LogP contribution in [0.2, 0.25) is 15.1 Å². The first-order chi connectivity index (χ1) is 12.3. The Bertz CT molecular complexity index is 1050. The number of nitrogens with one attached hydrogen (secondary N) is 1. The van der Waals surface area contributed by atoms with Crippen LogP contribution in [-0.2, 0) is 11.3 Å². The van der Waals surface area contributed by atoms with E-state index >= 15 is 0 Å². The molecule has 26 heavy (non-hydrogen) atoms. The number of hydrogen-bond donors (Lipinski definition) is 1. The minimum Gasteiger partial charge on any atom is -0.348 e. The monoisotopic (exact) mass is 409 g/mol. The van der Waals surface area contributed by atoms with Gasteiger partial charge in [-0.2, -0.15) is 0 Å². The molecule has 1 N–H and O–H groups in total. The van der Waals surface area contributed by atoms with E-state index in [0.29, 0.717) is 26.0 Å². The van der Waals surface area contributed by atoms with Gasteiger partial charge < -0.3 is 5.32 Å². The largest absolute Gasteiger partial charge is 0.348 e. The van der Waals surface area contributed by atoms with E-state index in [1.807, 2.05) is 0 Å². The summed E-state index contributed by atoms with van der Waals surface area (Å²) >= 11 is 18.0. The number of hydrogen-bond acceptors (Lipinski definition) is 3. The van der Waals surface area contributed by atoms with E-state index in [4.69, 9.17) is 34.8 Å². The van der Waals surface area contributed by atoms with Crippen molar-refractivity contribution < 1.29 is 4.79 Å². The predicted molar refractivity (Wildman–Crippen MR) is 104 cm³/mol. The molecule has 0 aliphatic rings. The van der Waals surface area contributed by atoms with Gasteiger partial charge in [0.25, 0.3) is 5.56 Å². The standard InChI is InChI=1S/C18H14Cl3N3O2/c1-10(13-4-2-12(20)7-15(13)21)23-17(25)8-24-9-22-16-5-3-11(19)6-14(16)18(24)26/h2-7,9-10H,8H2,1H3,(H,23,25)/t10-/m1/s1. The summed E-state index contributed by atoms with van der Waals surface area (Å²) in [6.07, 6.45) is 1.35. The molecule has 1 heterocycles. The molecule has 5 nitrogen and oxygen atoms in total. The minimum atomic E-state index is -0.342. The summed E-state index contributed by atoms with van der Waals surface area (Å²) in [5.74, 6) is -0.339. The number of nitrogens with zero attached hydrogens (tertiary/aromatic N) is 2. The van der Waals surface area contributed by atoms with E-state index in [1.165, 1.54) is 17.0 Å². The summed E-state index contributed by atoms with van der Waals surface area (Å²) in [6.45, 7) is 1.64. The number of aromatic nitrogens is 2. The van der Waals surface area contributed by atoms with Gasteiger partial charge >= 0.3 is 0 Å². The van der Waals surface area contributed by atoms with Crippen molar-refractivity contribution in [3.8, 4) is 0 Å². The van der Waals surface area contributed by atoms with E-state index in [1.54, 1.807) is 37.3 Å². The Morgan fingerprint density at radius 3 is 2.58 bits per heavy atom. The van der Waals surface area contributed by atoms with Gasteiger partial charge in [0, 0.05) is 15.1 Å². The minimum absolute atomic E-state index is 0.163. The summed E-state index contributed by atoms with van der Waals surface area (Å²) < 4.78 is 1.24. The third kappa shape index (κ3) is 4.01. The van der Waals surface area contributed by atoms with Crippen molar-refractivity contribution in [2.75, 3.05) is 0 Å². The second-order valence-corrected chi connectivity index (χ2v) is 7.07. The summed E-state index contributed by atoms with van der Waals surface area (Å²) in [7, 11) is 0. The maximum Gasteiger partial charge on any atom is 0.261 e. The van der Waals surface area contributed by atoms with Crippen LogP contribution in [0.3, 0.4) is 0 Å². The molecule has 3 aromatic rings. The van der Waals surface area contributed by atoms with Gasteiger partial charge in [-0.15, -0.1) is 0 Å². The molecule has 0 aliphatic carbocycles. The molecule has 0 saturated carbocycles. The average Bonchev–Trinajstić information content (AvgIpc) is 2.57. The molecule has 0 radical (unpaired) electrons. The lowest BCUT2D eigenvalue weighted by atomic mass is 10.1. The Labute approximate surface area is 164 Å². The lowest BCUT2D eigenvalue weighted by Crippen LogP contribution is -2.34. The fourth-order valence-electron chi connectivity index (χ4n) is 2.62. The van der Waals surface area contributed by atoms with Gasteiger partial charge in [0.2, 0.25) is 5.91 Å². The van der Waals surface area contributed by atoms with Gasteiger partial charge in [-0.3, -0.25) is 14.2 Å². The van der Waals surface area contributed by atoms with Crippen molar-refractivity contribution in [1.29, 1.82) is 0 Å². The van der Waals surface area contributed by atoms with Crippen LogP contribution in [0, 0.1) is 0 Å². The van der Waals surface area contributed by atoms with Crippen molar-refractivity contribution in [2.45, 2.75) is 19.5 Å². The van der Waals surface area contributed by atoms with Crippen LogP contribution in [0.4, 0.5) is 0 Å². The Balaban J connectivity index is 1.78. The smallest absolute Gasteiger partial charge is 0.261 e. The van der Waals surface area contributed by atoms with E-state index in [-0.39, 0.29) is 24.1 Å². The van der Waals surface area contributed by atoms with Gasteiger partial charge in [-0.25, -0.2) is 4.98 Å². The first-order valence-electron chi connectivity index (χ1n) is 7.74. The van der Waals surface area contributed by atoms with Crippen LogP contribution in [0.5, 0.6) is 0 Å². The number of amides is 1. The molecule has 3 rings (SSSR count). The number of rotatable bonds is 4. The molecule has 1 aromatic heterocycles. The topological polar surface area (TPSA) is 64.0 Å². The van der Waals surface area contributed by atoms with Gasteiger partial charge in [-0.05, 0) is 42.8 Å². The van der Waals surface area contributed by atoms with Gasteiger partial charge in [0.1, 0.15) is 6.54 Å². The maximum atomic E-state index is 12.5. The number of carbonyl (C=O) groups is 1. The fourth-order valence-corrected chi connectivity index (χ4v) is 3.36. The zero-order chi connectivity index (χ0) is 18.8. The molecule has 134 valence electrons. The molecule has 0 fully saturated rings. The zero-order valence-electron chi connectivity index (χ0n) is 13.7. The van der Waals surface area contributed by atoms with Gasteiger partial charge in [-0.1, -0.05) is 40.9 Å². The number of benzene rings is 2. The van der Waals surface area contributed by atoms with E-state index in [9.17, 15) is 9.59 Å². The van der Waals surface area contributed by atoms with Crippen LogP contribution in [0.15, 0.2) is 47.5 Å². The van der Waals surface area contributed by atoms with Crippen molar-refractivity contribution >= 4 is 51.6 Å². The molecule has 0 saturated heterocycles. The molecule has 8 heteroatoms. The third-order valence-corrected chi connectivity index (χ3v) is 4.70. The summed E-state index contributed by atoms with van der Waals surface area (Å²) in [6, 6.07) is 9.58. The highest BCUT2D eigenvalue weighted by atomic mass is 35.5. The Morgan fingerprint density at radius 2 is 1.85 bits per heavy atom. The average molecular weight is 411 g/mol. The molecular formula is C18H14Cl3N3O2. The summed E-state index contributed by atoms with van der Waals surface area (Å²) in [4.78, 5) is 29.0. The number of carbonyl (C=O) groups excluding carboxylic acids is 1. The zero-order valence-corrected chi connectivity index (χ0v) is 15.9. The first-order valence-corrected chi connectivity index (χ1v) is 8.87. The lowest BCUT2D eigenvalue weighted by Gasteiger charge is -2.16. The molecule has 0 unspecified atom stereocenters. The SMILES string of the molecule is C[C@@H](NC(=O)Cn1cnc2ccc(Cl)cc2c1=O)c1ccc(Cl)cc1Cl. The predicted octanol–water partition coefficient (Wildman–Crippen LogP) is 4.23. The molecule has 1 atom stereocenters. The lowest BCUT2D eigenvalue weighted by molar-refractivity contribution is -0.122. The quantitative estimate of drug-likeness (QED) is 0.700. The van der Waals surface area contributed by atoms with Gasteiger partial charge in [0.15, 0.2) is 0 Å². The Kier molecular flexibility index (Phi) is 5.51. The summed E-state index contributed by atoms with van der Waals surface area (Å²) in [5, 5.41) is 4.59. The van der Waals surface area contributed by atoms with Crippen LogP contribution in [0.1, 0.15) is 18.5 Å². The van der Waals surface area contributed by atoms with Crippen molar-refractivity contribution in [1.82, 2.24) is 14.9 Å². The molecule has 2 aromatic carbocycles. The molecular weight excluding hydrogens is 397 g/mol. The fraction of sp³-hybridized carbons (Fsp3) is 0.167. The van der Waals surface area contributed by atoms with Crippen LogP contribution < -0.4 is 10.9 Å². The number of halogens is 3. The van der Waals surface area contributed by atoms with Gasteiger partial charge in [0.05, 0.1) is 23.3 Å². The maximum absolute atomic E-state index is 12.5. The summed E-state index contributed by atoms with van der Waals surface area (Å²) in [5.41, 5.74) is 0.933.